The molecule has 0 unspecified atom stereocenters. The summed E-state index contributed by atoms with van der Waals surface area (Å²) < 4.78 is 10.2. The summed E-state index contributed by atoms with van der Waals surface area (Å²) in [7, 11) is 3.18. The molecule has 0 fully saturated rings. The molecule has 0 spiro atoms. The third-order valence-electron chi connectivity index (χ3n) is 1.76. The smallest absolute Gasteiger partial charge is 0.128 e. The summed E-state index contributed by atoms with van der Waals surface area (Å²) in [6.45, 7) is 0.271. The molecule has 4 heteroatoms. The fraction of sp³-hybridized carbons (Fsp3) is 0.333. The second kappa shape index (κ2) is 4.69. The molecule has 0 aliphatic rings. The highest BCUT2D eigenvalue weighted by Crippen LogP contribution is 2.28. The molecule has 0 aliphatic carbocycles. The van der Waals surface area contributed by atoms with E-state index < -0.39 is 0 Å². The van der Waals surface area contributed by atoms with Crippen LogP contribution < -0.4 is 15.4 Å². The van der Waals surface area contributed by atoms with Crippen LogP contribution in [0.1, 0.15) is 5.56 Å². The second-order valence-electron chi connectivity index (χ2n) is 2.45. The molecule has 0 aromatic heterocycles. The van der Waals surface area contributed by atoms with Gasteiger partial charge in [0.15, 0.2) is 0 Å². The molecule has 4 nitrogen and oxygen atoms in total. The number of hydrogen-bond donors (Lipinski definition) is 1. The normalized spacial score (nSPS) is 9.77. The molecule has 0 amide bonds. The van der Waals surface area contributed by atoms with Crippen molar-refractivity contribution in [3.05, 3.63) is 23.8 Å². The minimum Gasteiger partial charge on any atom is -0.496 e. The summed E-state index contributed by atoms with van der Waals surface area (Å²) in [6.07, 6.45) is 0. The van der Waals surface area contributed by atoms with Gasteiger partial charge in [0.05, 0.1) is 19.8 Å². The van der Waals surface area contributed by atoms with E-state index >= 15 is 0 Å². The highest BCUT2D eigenvalue weighted by atomic mass is 16.6. The topological polar surface area (TPSA) is 53.7 Å². The van der Waals surface area contributed by atoms with Crippen LogP contribution in [0.2, 0.25) is 0 Å². The highest BCUT2D eigenvalue weighted by Gasteiger charge is 2.08. The first kappa shape index (κ1) is 9.83. The zero-order valence-electron chi connectivity index (χ0n) is 7.74. The van der Waals surface area contributed by atoms with Gasteiger partial charge in [-0.25, -0.2) is 5.90 Å². The summed E-state index contributed by atoms with van der Waals surface area (Å²) in [5.41, 5.74) is 0.815. The van der Waals surface area contributed by atoms with Crippen LogP contribution in [0.3, 0.4) is 0 Å². The fourth-order valence-corrected chi connectivity index (χ4v) is 1.15. The lowest BCUT2D eigenvalue weighted by molar-refractivity contribution is 0.120. The Morgan fingerprint density at radius 1 is 1.15 bits per heavy atom. The van der Waals surface area contributed by atoms with E-state index in [9.17, 15) is 0 Å². The molecule has 0 bridgehead atoms. The highest BCUT2D eigenvalue weighted by molar-refractivity contribution is 5.44. The molecule has 1 rings (SSSR count). The molecular weight excluding hydrogens is 170 g/mol. The maximum atomic E-state index is 5.12. The van der Waals surface area contributed by atoms with E-state index in [1.165, 1.54) is 0 Å². The standard InChI is InChI=1S/C9H13NO3/c1-11-8-4-3-5-9(12-2)7(8)6-13-10/h3-5H,6,10H2,1-2H3. The molecule has 0 atom stereocenters. The Balaban J connectivity index is 3.05. The quantitative estimate of drug-likeness (QED) is 0.710. The first-order chi connectivity index (χ1) is 6.33. The van der Waals surface area contributed by atoms with Crippen LogP contribution in [0.25, 0.3) is 0 Å². The third kappa shape index (κ3) is 2.11. The predicted molar refractivity (Wildman–Crippen MR) is 48.5 cm³/mol. The van der Waals surface area contributed by atoms with Crippen molar-refractivity contribution in [3.63, 3.8) is 0 Å². The van der Waals surface area contributed by atoms with Gasteiger partial charge in [-0.3, -0.25) is 4.84 Å². The summed E-state index contributed by atoms with van der Waals surface area (Å²) in [4.78, 5) is 4.55. The number of nitrogens with two attached hydrogens (primary N) is 1. The molecule has 0 aliphatic heterocycles. The van der Waals surface area contributed by atoms with Crippen molar-refractivity contribution < 1.29 is 14.3 Å². The van der Waals surface area contributed by atoms with Gasteiger partial charge < -0.3 is 9.47 Å². The van der Waals surface area contributed by atoms with Crippen LogP contribution in [-0.2, 0) is 11.4 Å². The minimum atomic E-state index is 0.271. The number of methoxy groups -OCH3 is 2. The lowest BCUT2D eigenvalue weighted by Crippen LogP contribution is -2.03. The summed E-state index contributed by atoms with van der Waals surface area (Å²) in [5, 5.41) is 0. The molecule has 13 heavy (non-hydrogen) atoms. The number of rotatable bonds is 4. The minimum absolute atomic E-state index is 0.271. The Morgan fingerprint density at radius 3 is 2.08 bits per heavy atom. The molecule has 0 saturated heterocycles. The van der Waals surface area contributed by atoms with Crippen LogP contribution in [0, 0.1) is 0 Å². The van der Waals surface area contributed by atoms with Gasteiger partial charge in [0.2, 0.25) is 0 Å². The van der Waals surface area contributed by atoms with Gasteiger partial charge in [-0.1, -0.05) is 6.07 Å². The van der Waals surface area contributed by atoms with Gasteiger partial charge in [-0.15, -0.1) is 0 Å². The maximum absolute atomic E-state index is 5.12. The second-order valence-corrected chi connectivity index (χ2v) is 2.45. The van der Waals surface area contributed by atoms with Crippen LogP contribution in [-0.4, -0.2) is 14.2 Å². The van der Waals surface area contributed by atoms with E-state index in [4.69, 9.17) is 15.4 Å². The van der Waals surface area contributed by atoms with Crippen molar-refractivity contribution in [3.8, 4) is 11.5 Å². The largest absolute Gasteiger partial charge is 0.496 e. The lowest BCUT2D eigenvalue weighted by atomic mass is 10.2. The molecule has 1 aromatic rings. The Labute approximate surface area is 77.2 Å². The summed E-state index contributed by atoms with van der Waals surface area (Å²) in [6, 6.07) is 5.51. The molecular formula is C9H13NO3. The Kier molecular flexibility index (Phi) is 3.54. The molecule has 0 radical (unpaired) electrons. The van der Waals surface area contributed by atoms with Gasteiger partial charge in [0, 0.05) is 0 Å². The van der Waals surface area contributed by atoms with Gasteiger partial charge in [-0.05, 0) is 12.1 Å². The Morgan fingerprint density at radius 2 is 1.69 bits per heavy atom. The van der Waals surface area contributed by atoms with Gasteiger partial charge >= 0.3 is 0 Å². The maximum Gasteiger partial charge on any atom is 0.128 e. The van der Waals surface area contributed by atoms with Crippen molar-refractivity contribution in [1.82, 2.24) is 0 Å². The van der Waals surface area contributed by atoms with Gasteiger partial charge in [0.1, 0.15) is 18.1 Å². The zero-order valence-corrected chi connectivity index (χ0v) is 7.74. The third-order valence-corrected chi connectivity index (χ3v) is 1.76. The van der Waals surface area contributed by atoms with E-state index in [1.807, 2.05) is 18.2 Å². The number of benzene rings is 1. The first-order valence-corrected chi connectivity index (χ1v) is 3.85. The van der Waals surface area contributed by atoms with Crippen LogP contribution in [0.15, 0.2) is 18.2 Å². The molecule has 0 saturated carbocycles. The van der Waals surface area contributed by atoms with Crippen molar-refractivity contribution in [1.29, 1.82) is 0 Å². The van der Waals surface area contributed by atoms with Crippen molar-refractivity contribution in [2.24, 2.45) is 5.90 Å². The van der Waals surface area contributed by atoms with E-state index in [0.29, 0.717) is 11.5 Å². The van der Waals surface area contributed by atoms with E-state index in [1.54, 1.807) is 14.2 Å². The van der Waals surface area contributed by atoms with Crippen LogP contribution >= 0.6 is 0 Å². The van der Waals surface area contributed by atoms with E-state index in [2.05, 4.69) is 4.84 Å². The van der Waals surface area contributed by atoms with E-state index in [0.717, 1.165) is 5.56 Å². The summed E-state index contributed by atoms with van der Waals surface area (Å²) in [5.74, 6) is 6.42. The monoisotopic (exact) mass is 183 g/mol. The molecule has 0 heterocycles. The van der Waals surface area contributed by atoms with Gasteiger partial charge in [0.25, 0.3) is 0 Å². The Hall–Kier alpha value is -1.26. The molecule has 2 N–H and O–H groups in total. The van der Waals surface area contributed by atoms with Crippen molar-refractivity contribution in [2.75, 3.05) is 14.2 Å². The first-order valence-electron chi connectivity index (χ1n) is 3.85. The fourth-order valence-electron chi connectivity index (χ4n) is 1.15. The lowest BCUT2D eigenvalue weighted by Gasteiger charge is -2.11. The average molecular weight is 183 g/mol. The molecule has 1 aromatic carbocycles. The SMILES string of the molecule is COc1cccc(OC)c1CON. The Bertz CT molecular complexity index is 253. The van der Waals surface area contributed by atoms with Crippen molar-refractivity contribution in [2.45, 2.75) is 6.61 Å². The predicted octanol–water partition coefficient (Wildman–Crippen LogP) is 1.09. The number of ether oxygens (including phenoxy) is 2. The average Bonchev–Trinajstić information content (AvgIpc) is 2.18. The van der Waals surface area contributed by atoms with Crippen LogP contribution in [0.4, 0.5) is 0 Å². The van der Waals surface area contributed by atoms with Crippen molar-refractivity contribution >= 4 is 0 Å². The van der Waals surface area contributed by atoms with Crippen LogP contribution in [0.5, 0.6) is 11.5 Å². The zero-order chi connectivity index (χ0) is 9.68. The number of hydrogen-bond acceptors (Lipinski definition) is 4. The summed E-state index contributed by atoms with van der Waals surface area (Å²) >= 11 is 0. The molecule has 72 valence electrons. The van der Waals surface area contributed by atoms with E-state index in [-0.39, 0.29) is 6.61 Å². The van der Waals surface area contributed by atoms with Gasteiger partial charge in [-0.2, -0.15) is 0 Å².